The van der Waals surface area contributed by atoms with Gasteiger partial charge in [0.15, 0.2) is 0 Å². The van der Waals surface area contributed by atoms with Crippen molar-refractivity contribution in [3.63, 3.8) is 0 Å². The van der Waals surface area contributed by atoms with Crippen LogP contribution in [0.2, 0.25) is 5.02 Å². The number of thioether (sulfide) groups is 1. The van der Waals surface area contributed by atoms with Gasteiger partial charge in [0.05, 0.1) is 10.6 Å². The number of phenolic OH excluding ortho intramolecular Hbond substituents is 1. The number of thiophene rings is 1. The van der Waals surface area contributed by atoms with Gasteiger partial charge in [-0.05, 0) is 35.7 Å². The molecule has 0 aliphatic carbocycles. The number of phenols is 1. The molecule has 9 heteroatoms. The van der Waals surface area contributed by atoms with E-state index < -0.39 is 5.91 Å². The molecule has 2 heterocycles. The molecule has 5 nitrogen and oxygen atoms in total. The van der Waals surface area contributed by atoms with Gasteiger partial charge in [-0.2, -0.15) is 0 Å². The van der Waals surface area contributed by atoms with Gasteiger partial charge in [0.1, 0.15) is 16.6 Å². The molecule has 3 rings (SSSR count). The van der Waals surface area contributed by atoms with Crippen LogP contribution in [0, 0.1) is 0 Å². The number of hydrogen-bond acceptors (Lipinski definition) is 6. The number of anilines is 1. The van der Waals surface area contributed by atoms with Crippen molar-refractivity contribution in [3.8, 4) is 5.75 Å². The second kappa shape index (κ2) is 7.57. The first kappa shape index (κ1) is 17.9. The Bertz CT molecular complexity index is 881. The minimum Gasteiger partial charge on any atom is -0.506 e. The van der Waals surface area contributed by atoms with Gasteiger partial charge in [-0.3, -0.25) is 14.5 Å². The fourth-order valence-electron chi connectivity index (χ4n) is 2.08. The SMILES string of the molecule is O=C(CN1C(=O)C(=Cc2cccs2)SC1=S)Nc1cc(Cl)ccc1O. The number of nitrogens with zero attached hydrogens (tertiary/aromatic N) is 1. The average Bonchev–Trinajstić information content (AvgIpc) is 3.15. The molecule has 1 aromatic heterocycles. The summed E-state index contributed by atoms with van der Waals surface area (Å²) in [6, 6.07) is 8.09. The zero-order valence-corrected chi connectivity index (χ0v) is 15.8. The van der Waals surface area contributed by atoms with E-state index in [4.69, 9.17) is 23.8 Å². The molecule has 25 heavy (non-hydrogen) atoms. The molecular weight excluding hydrogens is 400 g/mol. The molecule has 0 radical (unpaired) electrons. The molecule has 1 aliphatic heterocycles. The number of rotatable bonds is 4. The maximum atomic E-state index is 12.5. The molecule has 0 spiro atoms. The van der Waals surface area contributed by atoms with Crippen molar-refractivity contribution in [2.45, 2.75) is 0 Å². The highest BCUT2D eigenvalue weighted by molar-refractivity contribution is 8.26. The molecule has 1 aromatic carbocycles. The van der Waals surface area contributed by atoms with Gasteiger partial charge in [-0.15, -0.1) is 11.3 Å². The zero-order chi connectivity index (χ0) is 18.0. The number of halogens is 1. The number of nitrogens with one attached hydrogen (secondary N) is 1. The topological polar surface area (TPSA) is 69.6 Å². The summed E-state index contributed by atoms with van der Waals surface area (Å²) in [5, 5.41) is 14.6. The quantitative estimate of drug-likeness (QED) is 0.453. The minimum atomic E-state index is -0.480. The van der Waals surface area contributed by atoms with Crippen molar-refractivity contribution in [1.29, 1.82) is 0 Å². The van der Waals surface area contributed by atoms with E-state index in [9.17, 15) is 14.7 Å². The van der Waals surface area contributed by atoms with Crippen LogP contribution in [0.25, 0.3) is 6.08 Å². The number of benzene rings is 1. The molecular formula is C16H11ClN2O3S3. The monoisotopic (exact) mass is 410 g/mol. The summed E-state index contributed by atoms with van der Waals surface area (Å²) in [6.07, 6.45) is 1.75. The number of thiocarbonyl (C=S) groups is 1. The van der Waals surface area contributed by atoms with Crippen LogP contribution in [0.4, 0.5) is 5.69 Å². The molecule has 1 saturated heterocycles. The first-order chi connectivity index (χ1) is 11.9. The average molecular weight is 411 g/mol. The Labute approximate surface area is 162 Å². The molecule has 2 aromatic rings. The Balaban J connectivity index is 1.70. The van der Waals surface area contributed by atoms with Gasteiger partial charge < -0.3 is 10.4 Å². The summed E-state index contributed by atoms with van der Waals surface area (Å²) in [7, 11) is 0. The maximum Gasteiger partial charge on any atom is 0.266 e. The van der Waals surface area contributed by atoms with Crippen LogP contribution in [0.15, 0.2) is 40.6 Å². The lowest BCUT2D eigenvalue weighted by atomic mass is 10.3. The molecule has 2 amide bonds. The van der Waals surface area contributed by atoms with Crippen LogP contribution < -0.4 is 5.32 Å². The second-order valence-corrected chi connectivity index (χ2v) is 8.08. The Kier molecular flexibility index (Phi) is 5.43. The number of amides is 2. The number of hydrogen-bond donors (Lipinski definition) is 2. The largest absolute Gasteiger partial charge is 0.506 e. The van der Waals surface area contributed by atoms with E-state index in [0.29, 0.717) is 14.2 Å². The van der Waals surface area contributed by atoms with E-state index in [1.54, 1.807) is 6.08 Å². The van der Waals surface area contributed by atoms with E-state index in [-0.39, 0.29) is 23.9 Å². The Hall–Kier alpha value is -1.87. The van der Waals surface area contributed by atoms with Crippen molar-refractivity contribution >= 4 is 74.8 Å². The first-order valence-corrected chi connectivity index (χ1v) is 9.49. The van der Waals surface area contributed by atoms with Gasteiger partial charge in [0.25, 0.3) is 5.91 Å². The molecule has 1 fully saturated rings. The molecule has 128 valence electrons. The van der Waals surface area contributed by atoms with Gasteiger partial charge in [-0.25, -0.2) is 0 Å². The lowest BCUT2D eigenvalue weighted by Gasteiger charge is -2.14. The van der Waals surface area contributed by atoms with Gasteiger partial charge >= 0.3 is 0 Å². The van der Waals surface area contributed by atoms with E-state index in [1.165, 1.54) is 34.4 Å². The summed E-state index contributed by atoms with van der Waals surface area (Å²) < 4.78 is 0.318. The van der Waals surface area contributed by atoms with Crippen molar-refractivity contribution < 1.29 is 14.7 Å². The van der Waals surface area contributed by atoms with Crippen LogP contribution in [-0.2, 0) is 9.59 Å². The van der Waals surface area contributed by atoms with Crippen LogP contribution >= 0.6 is 46.9 Å². The molecule has 0 bridgehead atoms. The summed E-state index contributed by atoms with van der Waals surface area (Å²) in [4.78, 5) is 27.3. The lowest BCUT2D eigenvalue weighted by molar-refractivity contribution is -0.126. The molecule has 2 N–H and O–H groups in total. The van der Waals surface area contributed by atoms with Gasteiger partial charge in [0, 0.05) is 9.90 Å². The predicted octanol–water partition coefficient (Wildman–Crippen LogP) is 3.95. The normalized spacial score (nSPS) is 15.9. The minimum absolute atomic E-state index is 0.110. The van der Waals surface area contributed by atoms with Crippen molar-refractivity contribution in [3.05, 3.63) is 50.5 Å². The lowest BCUT2D eigenvalue weighted by Crippen LogP contribution is -2.36. The van der Waals surface area contributed by atoms with E-state index >= 15 is 0 Å². The molecule has 0 atom stereocenters. The zero-order valence-electron chi connectivity index (χ0n) is 12.6. The molecule has 1 aliphatic rings. The third kappa shape index (κ3) is 4.21. The Morgan fingerprint density at radius 3 is 2.92 bits per heavy atom. The fourth-order valence-corrected chi connectivity index (χ4v) is 4.23. The fraction of sp³-hybridized carbons (Fsp3) is 0.0625. The highest BCUT2D eigenvalue weighted by Crippen LogP contribution is 2.33. The summed E-state index contributed by atoms with van der Waals surface area (Å²) in [6.45, 7) is -0.238. The number of carbonyl (C=O) groups excluding carboxylic acids is 2. The third-order valence-corrected chi connectivity index (χ3v) is 5.66. The Morgan fingerprint density at radius 2 is 2.20 bits per heavy atom. The van der Waals surface area contributed by atoms with Gasteiger partial charge in [-0.1, -0.05) is 41.6 Å². The second-order valence-electron chi connectivity index (χ2n) is 4.99. The van der Waals surface area contributed by atoms with Crippen molar-refractivity contribution in [2.75, 3.05) is 11.9 Å². The predicted molar refractivity (Wildman–Crippen MR) is 106 cm³/mol. The van der Waals surface area contributed by atoms with Crippen molar-refractivity contribution in [2.24, 2.45) is 0 Å². The van der Waals surface area contributed by atoms with Crippen LogP contribution in [0.5, 0.6) is 5.75 Å². The summed E-state index contributed by atoms with van der Waals surface area (Å²) >= 11 is 13.7. The van der Waals surface area contributed by atoms with Crippen LogP contribution in [0.3, 0.4) is 0 Å². The van der Waals surface area contributed by atoms with E-state index in [2.05, 4.69) is 5.32 Å². The molecule has 0 unspecified atom stereocenters. The number of aromatic hydroxyl groups is 1. The Morgan fingerprint density at radius 1 is 1.40 bits per heavy atom. The van der Waals surface area contributed by atoms with Gasteiger partial charge in [0.2, 0.25) is 5.91 Å². The summed E-state index contributed by atoms with van der Waals surface area (Å²) in [5.41, 5.74) is 0.178. The highest BCUT2D eigenvalue weighted by Gasteiger charge is 2.33. The first-order valence-electron chi connectivity index (χ1n) is 7.01. The van der Waals surface area contributed by atoms with Crippen LogP contribution in [-0.4, -0.2) is 32.7 Å². The maximum absolute atomic E-state index is 12.5. The molecule has 0 saturated carbocycles. The number of carbonyl (C=O) groups is 2. The third-order valence-electron chi connectivity index (χ3n) is 3.22. The van der Waals surface area contributed by atoms with Crippen LogP contribution in [0.1, 0.15) is 4.88 Å². The summed E-state index contributed by atoms with van der Waals surface area (Å²) in [5.74, 6) is -0.902. The van der Waals surface area contributed by atoms with Crippen molar-refractivity contribution in [1.82, 2.24) is 4.90 Å². The highest BCUT2D eigenvalue weighted by atomic mass is 35.5. The standard InChI is InChI=1S/C16H11ClN2O3S3/c17-9-3-4-12(20)11(6-9)18-14(21)8-19-15(22)13(25-16(19)23)7-10-2-1-5-24-10/h1-7,20H,8H2,(H,18,21). The smallest absolute Gasteiger partial charge is 0.266 e. The van der Waals surface area contributed by atoms with E-state index in [0.717, 1.165) is 16.6 Å². The van der Waals surface area contributed by atoms with E-state index in [1.807, 2.05) is 17.5 Å².